The highest BCUT2D eigenvalue weighted by molar-refractivity contribution is 7.85. The summed E-state index contributed by atoms with van der Waals surface area (Å²) in [7, 11) is -4.09. The summed E-state index contributed by atoms with van der Waals surface area (Å²) in [5.41, 5.74) is -0.965. The van der Waals surface area contributed by atoms with E-state index in [1.165, 1.54) is 0 Å². The predicted molar refractivity (Wildman–Crippen MR) is 67.3 cm³/mol. The summed E-state index contributed by atoms with van der Waals surface area (Å²) < 4.78 is 30.4. The molecule has 0 spiro atoms. The lowest BCUT2D eigenvalue weighted by Gasteiger charge is -2.28. The second-order valence-corrected chi connectivity index (χ2v) is 6.81. The summed E-state index contributed by atoms with van der Waals surface area (Å²) in [5.74, 6) is -0.603. The van der Waals surface area contributed by atoms with Crippen molar-refractivity contribution in [2.75, 3.05) is 5.75 Å². The van der Waals surface area contributed by atoms with E-state index < -0.39 is 21.4 Å². The first kappa shape index (κ1) is 16.4. The van der Waals surface area contributed by atoms with Gasteiger partial charge in [-0.25, -0.2) is 0 Å². The molecule has 102 valence electrons. The van der Waals surface area contributed by atoms with Gasteiger partial charge in [-0.15, -0.1) is 0 Å². The molecule has 0 aliphatic heterocycles. The molecule has 2 N–H and O–H groups in total. The smallest absolute Gasteiger partial charge is 0.267 e. The van der Waals surface area contributed by atoms with Crippen LogP contribution in [0.15, 0.2) is 0 Å². The van der Waals surface area contributed by atoms with Crippen molar-refractivity contribution in [2.24, 2.45) is 11.8 Å². The highest BCUT2D eigenvalue weighted by atomic mass is 32.2. The number of carbonyl (C=O) groups is 1. The quantitative estimate of drug-likeness (QED) is 0.712. The lowest BCUT2D eigenvalue weighted by Crippen LogP contribution is -2.50. The number of hydrogen-bond donors (Lipinski definition) is 2. The first-order valence-corrected chi connectivity index (χ1v) is 7.36. The number of carbonyl (C=O) groups excluding carboxylic acids is 1. The average Bonchev–Trinajstić information content (AvgIpc) is 1.96. The number of rotatable bonds is 6. The minimum Gasteiger partial charge on any atom is -0.350 e. The van der Waals surface area contributed by atoms with Gasteiger partial charge in [0.2, 0.25) is 5.91 Å². The van der Waals surface area contributed by atoms with Crippen LogP contribution in [-0.4, -0.2) is 30.2 Å². The van der Waals surface area contributed by atoms with E-state index in [2.05, 4.69) is 5.32 Å². The molecule has 0 rings (SSSR count). The van der Waals surface area contributed by atoms with Crippen molar-refractivity contribution in [2.45, 2.75) is 46.6 Å². The Labute approximate surface area is 104 Å². The minimum atomic E-state index is -4.09. The Balaban J connectivity index is 4.66. The topological polar surface area (TPSA) is 83.5 Å². The Hall–Kier alpha value is -0.620. The molecule has 0 saturated heterocycles. The molecule has 17 heavy (non-hydrogen) atoms. The van der Waals surface area contributed by atoms with Gasteiger partial charge in [-0.2, -0.15) is 8.42 Å². The summed E-state index contributed by atoms with van der Waals surface area (Å²) in [4.78, 5) is 11.9. The molecule has 1 amide bonds. The molecule has 0 aromatic carbocycles. The van der Waals surface area contributed by atoms with Crippen LogP contribution in [0, 0.1) is 11.8 Å². The fourth-order valence-corrected chi connectivity index (χ4v) is 2.86. The van der Waals surface area contributed by atoms with Crippen molar-refractivity contribution < 1.29 is 17.8 Å². The van der Waals surface area contributed by atoms with E-state index in [9.17, 15) is 13.2 Å². The number of hydrogen-bond acceptors (Lipinski definition) is 3. The highest BCUT2D eigenvalue weighted by Crippen LogP contribution is 2.17. The average molecular weight is 265 g/mol. The van der Waals surface area contributed by atoms with E-state index >= 15 is 0 Å². The molecule has 0 heterocycles. The Morgan fingerprint density at radius 2 is 1.82 bits per heavy atom. The van der Waals surface area contributed by atoms with Crippen molar-refractivity contribution in [3.63, 3.8) is 0 Å². The van der Waals surface area contributed by atoms with Crippen molar-refractivity contribution >= 4 is 16.0 Å². The van der Waals surface area contributed by atoms with Crippen LogP contribution in [0.3, 0.4) is 0 Å². The molecule has 5 nitrogen and oxygen atoms in total. The molecule has 0 fully saturated rings. The van der Waals surface area contributed by atoms with E-state index in [-0.39, 0.29) is 17.7 Å². The molecular weight excluding hydrogens is 242 g/mol. The van der Waals surface area contributed by atoms with Crippen LogP contribution < -0.4 is 5.32 Å². The van der Waals surface area contributed by atoms with Crippen LogP contribution in [0.25, 0.3) is 0 Å². The third-order valence-corrected chi connectivity index (χ3v) is 3.67. The molecule has 0 radical (unpaired) electrons. The molecule has 0 saturated carbocycles. The maximum absolute atomic E-state index is 11.9. The molecule has 0 aliphatic rings. The molecule has 1 unspecified atom stereocenters. The number of amides is 1. The molecule has 1 atom stereocenters. The zero-order chi connectivity index (χ0) is 13.9. The van der Waals surface area contributed by atoms with Gasteiger partial charge in [0.1, 0.15) is 0 Å². The van der Waals surface area contributed by atoms with Crippen LogP contribution in [0.2, 0.25) is 0 Å². The second-order valence-electron chi connectivity index (χ2n) is 5.36. The normalized spacial score (nSPS) is 14.8. The maximum atomic E-state index is 11.9. The minimum absolute atomic E-state index is 0.143. The van der Waals surface area contributed by atoms with Crippen LogP contribution >= 0.6 is 0 Å². The van der Waals surface area contributed by atoms with Crippen molar-refractivity contribution in [1.29, 1.82) is 0 Å². The highest BCUT2D eigenvalue weighted by Gasteiger charge is 2.30. The lowest BCUT2D eigenvalue weighted by molar-refractivity contribution is -0.127. The predicted octanol–water partition coefficient (Wildman–Crippen LogP) is 1.45. The van der Waals surface area contributed by atoms with Gasteiger partial charge < -0.3 is 5.32 Å². The zero-order valence-electron chi connectivity index (χ0n) is 11.1. The summed E-state index contributed by atoms with van der Waals surface area (Å²) in [6.45, 7) is 8.96. The Bertz CT molecular complexity index is 360. The molecular formula is C11H23NO4S. The van der Waals surface area contributed by atoms with Gasteiger partial charge in [-0.3, -0.25) is 9.35 Å². The molecule has 6 heteroatoms. The van der Waals surface area contributed by atoms with E-state index in [0.29, 0.717) is 6.42 Å². The van der Waals surface area contributed by atoms with Gasteiger partial charge in [-0.05, 0) is 26.2 Å². The molecule has 0 aromatic rings. The summed E-state index contributed by atoms with van der Waals surface area (Å²) in [6.07, 6.45) is 0.700. The largest absolute Gasteiger partial charge is 0.350 e. The van der Waals surface area contributed by atoms with Crippen molar-refractivity contribution in [1.82, 2.24) is 5.32 Å². The first-order chi connectivity index (χ1) is 7.48. The van der Waals surface area contributed by atoms with Gasteiger partial charge in [0.05, 0.1) is 11.3 Å². The molecule has 0 aliphatic carbocycles. The Morgan fingerprint density at radius 1 is 1.35 bits per heavy atom. The first-order valence-electron chi connectivity index (χ1n) is 5.75. The monoisotopic (exact) mass is 265 g/mol. The van der Waals surface area contributed by atoms with E-state index in [1.807, 2.05) is 20.8 Å². The summed E-state index contributed by atoms with van der Waals surface area (Å²) in [5, 5.41) is 2.67. The SMILES string of the molecule is CCC(C(=O)NC(C)(C)CS(=O)(=O)O)C(C)C. The van der Waals surface area contributed by atoms with Crippen LogP contribution in [0.4, 0.5) is 0 Å². The van der Waals surface area contributed by atoms with Crippen molar-refractivity contribution in [3.05, 3.63) is 0 Å². The van der Waals surface area contributed by atoms with E-state index in [0.717, 1.165) is 0 Å². The van der Waals surface area contributed by atoms with E-state index in [1.54, 1.807) is 13.8 Å². The fourth-order valence-electron chi connectivity index (χ4n) is 1.88. The fraction of sp³-hybridized carbons (Fsp3) is 0.909. The summed E-state index contributed by atoms with van der Waals surface area (Å²) >= 11 is 0. The van der Waals surface area contributed by atoms with Crippen LogP contribution in [0.5, 0.6) is 0 Å². The van der Waals surface area contributed by atoms with Gasteiger partial charge in [0.25, 0.3) is 10.1 Å². The van der Waals surface area contributed by atoms with Crippen LogP contribution in [0.1, 0.15) is 41.0 Å². The number of nitrogens with one attached hydrogen (secondary N) is 1. The van der Waals surface area contributed by atoms with Gasteiger partial charge >= 0.3 is 0 Å². The van der Waals surface area contributed by atoms with Crippen molar-refractivity contribution in [3.8, 4) is 0 Å². The van der Waals surface area contributed by atoms with Gasteiger partial charge in [0.15, 0.2) is 0 Å². The zero-order valence-corrected chi connectivity index (χ0v) is 12.0. The van der Waals surface area contributed by atoms with E-state index in [4.69, 9.17) is 4.55 Å². The van der Waals surface area contributed by atoms with Crippen LogP contribution in [-0.2, 0) is 14.9 Å². The Kier molecular flexibility index (Phi) is 5.61. The molecule has 0 bridgehead atoms. The second kappa shape index (κ2) is 5.82. The maximum Gasteiger partial charge on any atom is 0.267 e. The standard InChI is InChI=1S/C11H23NO4S/c1-6-9(8(2)3)10(13)12-11(4,5)7-17(14,15)16/h8-9H,6-7H2,1-5H3,(H,12,13)(H,14,15,16). The van der Waals surface area contributed by atoms with Gasteiger partial charge in [0, 0.05) is 5.92 Å². The molecule has 0 aromatic heterocycles. The third-order valence-electron chi connectivity index (χ3n) is 2.59. The van der Waals surface area contributed by atoms with Gasteiger partial charge in [-0.1, -0.05) is 20.8 Å². The Morgan fingerprint density at radius 3 is 2.12 bits per heavy atom. The lowest BCUT2D eigenvalue weighted by atomic mass is 9.91. The third kappa shape index (κ3) is 6.63. The summed E-state index contributed by atoms with van der Waals surface area (Å²) in [6, 6.07) is 0.